The van der Waals surface area contributed by atoms with Crippen molar-refractivity contribution in [3.63, 3.8) is 0 Å². The van der Waals surface area contributed by atoms with Crippen molar-refractivity contribution in [2.24, 2.45) is 5.92 Å². The van der Waals surface area contributed by atoms with Crippen molar-refractivity contribution in [2.45, 2.75) is 39.2 Å². The Morgan fingerprint density at radius 1 is 1.29 bits per heavy atom. The molecule has 1 fully saturated rings. The maximum Gasteiger partial charge on any atom is 0.225 e. The lowest BCUT2D eigenvalue weighted by atomic mass is 10.1. The Hall–Kier alpha value is -1.16. The van der Waals surface area contributed by atoms with Gasteiger partial charge in [0.25, 0.3) is 0 Å². The predicted molar refractivity (Wildman–Crippen MR) is 68.0 cm³/mol. The van der Waals surface area contributed by atoms with Crippen LogP contribution in [0.3, 0.4) is 0 Å². The third kappa shape index (κ3) is 3.40. The van der Waals surface area contributed by atoms with Gasteiger partial charge in [0.15, 0.2) is 0 Å². The third-order valence-electron chi connectivity index (χ3n) is 3.08. The molecule has 1 N–H and O–H groups in total. The minimum absolute atomic E-state index is 0.147. The van der Waals surface area contributed by atoms with E-state index in [1.54, 1.807) is 0 Å². The number of piperidine rings is 1. The smallest absolute Gasteiger partial charge is 0.225 e. The zero-order valence-electron chi connectivity index (χ0n) is 10.6. The van der Waals surface area contributed by atoms with Crippen molar-refractivity contribution in [3.05, 3.63) is 18.0 Å². The molecule has 94 valence electrons. The molecule has 1 aliphatic rings. The summed E-state index contributed by atoms with van der Waals surface area (Å²) in [5.41, 5.74) is 1.20. The van der Waals surface area contributed by atoms with E-state index in [0.29, 0.717) is 5.92 Å². The van der Waals surface area contributed by atoms with Crippen LogP contribution in [0.4, 0.5) is 5.95 Å². The number of nitrogens with zero attached hydrogens (tertiary/aromatic N) is 3. The van der Waals surface area contributed by atoms with Crippen LogP contribution >= 0.6 is 0 Å². The van der Waals surface area contributed by atoms with Crippen molar-refractivity contribution in [3.8, 4) is 0 Å². The Morgan fingerprint density at radius 2 is 1.88 bits per heavy atom. The van der Waals surface area contributed by atoms with Gasteiger partial charge in [-0.1, -0.05) is 13.8 Å². The van der Waals surface area contributed by atoms with Crippen LogP contribution < -0.4 is 4.90 Å². The molecule has 0 unspecified atom stereocenters. The number of aliphatic hydroxyl groups excluding tert-OH is 1. The molecule has 0 saturated carbocycles. The molecule has 0 aliphatic carbocycles. The molecule has 4 heteroatoms. The highest BCUT2D eigenvalue weighted by atomic mass is 16.3. The highest BCUT2D eigenvalue weighted by Crippen LogP contribution is 2.16. The number of hydrogen-bond donors (Lipinski definition) is 1. The van der Waals surface area contributed by atoms with Gasteiger partial charge in [0.1, 0.15) is 0 Å². The second-order valence-corrected chi connectivity index (χ2v) is 5.21. The lowest BCUT2D eigenvalue weighted by Crippen LogP contribution is -2.36. The molecule has 1 aromatic heterocycles. The standard InChI is InChI=1S/C13H21N3O/c1-10(2)7-11-8-14-13(15-9-11)16-5-3-12(17)4-6-16/h8-10,12,17H,3-7H2,1-2H3. The second kappa shape index (κ2) is 5.45. The molecule has 17 heavy (non-hydrogen) atoms. The van der Waals surface area contributed by atoms with Crippen molar-refractivity contribution in [1.29, 1.82) is 0 Å². The van der Waals surface area contributed by atoms with Gasteiger partial charge in [-0.25, -0.2) is 9.97 Å². The summed E-state index contributed by atoms with van der Waals surface area (Å²) in [4.78, 5) is 11.0. The highest BCUT2D eigenvalue weighted by molar-refractivity contribution is 5.30. The summed E-state index contributed by atoms with van der Waals surface area (Å²) in [7, 11) is 0. The normalized spacial score (nSPS) is 17.8. The first kappa shape index (κ1) is 12.3. The fourth-order valence-corrected chi connectivity index (χ4v) is 2.15. The maximum atomic E-state index is 9.45. The van der Waals surface area contributed by atoms with E-state index in [2.05, 4.69) is 28.7 Å². The van der Waals surface area contributed by atoms with Crippen LogP contribution in [0.2, 0.25) is 0 Å². The monoisotopic (exact) mass is 235 g/mol. The molecule has 1 aliphatic heterocycles. The van der Waals surface area contributed by atoms with Gasteiger partial charge >= 0.3 is 0 Å². The van der Waals surface area contributed by atoms with Gasteiger partial charge < -0.3 is 10.0 Å². The van der Waals surface area contributed by atoms with Crippen molar-refractivity contribution < 1.29 is 5.11 Å². The van der Waals surface area contributed by atoms with Gasteiger partial charge in [-0.15, -0.1) is 0 Å². The molecule has 0 aromatic carbocycles. The Kier molecular flexibility index (Phi) is 3.94. The molecular formula is C13H21N3O. The third-order valence-corrected chi connectivity index (χ3v) is 3.08. The van der Waals surface area contributed by atoms with Crippen LogP contribution in [0.5, 0.6) is 0 Å². The van der Waals surface area contributed by atoms with Gasteiger partial charge in [0.2, 0.25) is 5.95 Å². The van der Waals surface area contributed by atoms with E-state index in [1.807, 2.05) is 12.4 Å². The summed E-state index contributed by atoms with van der Waals surface area (Å²) in [5.74, 6) is 1.43. The Balaban J connectivity index is 1.97. The van der Waals surface area contributed by atoms with Gasteiger partial charge in [0.05, 0.1) is 6.10 Å². The first-order valence-corrected chi connectivity index (χ1v) is 6.39. The van der Waals surface area contributed by atoms with E-state index < -0.39 is 0 Å². The predicted octanol–water partition coefficient (Wildman–Crippen LogP) is 1.64. The van der Waals surface area contributed by atoms with E-state index >= 15 is 0 Å². The molecule has 4 nitrogen and oxygen atoms in total. The van der Waals surface area contributed by atoms with E-state index in [0.717, 1.165) is 38.3 Å². The number of anilines is 1. The zero-order valence-corrected chi connectivity index (χ0v) is 10.6. The lowest BCUT2D eigenvalue weighted by molar-refractivity contribution is 0.145. The average Bonchev–Trinajstić information content (AvgIpc) is 2.30. The fraction of sp³-hybridized carbons (Fsp3) is 0.692. The summed E-state index contributed by atoms with van der Waals surface area (Å²) >= 11 is 0. The van der Waals surface area contributed by atoms with E-state index in [-0.39, 0.29) is 6.10 Å². The van der Waals surface area contributed by atoms with Crippen molar-refractivity contribution in [2.75, 3.05) is 18.0 Å². The van der Waals surface area contributed by atoms with Crippen LogP contribution in [0.15, 0.2) is 12.4 Å². The van der Waals surface area contributed by atoms with Crippen LogP contribution in [0.25, 0.3) is 0 Å². The number of hydrogen-bond acceptors (Lipinski definition) is 4. The molecular weight excluding hydrogens is 214 g/mol. The lowest BCUT2D eigenvalue weighted by Gasteiger charge is -2.29. The first-order valence-electron chi connectivity index (χ1n) is 6.39. The van der Waals surface area contributed by atoms with Crippen LogP contribution in [0, 0.1) is 5.92 Å². The van der Waals surface area contributed by atoms with Gasteiger partial charge in [-0.3, -0.25) is 0 Å². The van der Waals surface area contributed by atoms with Crippen molar-refractivity contribution >= 4 is 5.95 Å². The molecule has 0 spiro atoms. The molecule has 2 heterocycles. The quantitative estimate of drug-likeness (QED) is 0.865. The first-order chi connectivity index (χ1) is 8.15. The second-order valence-electron chi connectivity index (χ2n) is 5.21. The Labute approximate surface area is 103 Å². The van der Waals surface area contributed by atoms with Crippen LogP contribution in [-0.2, 0) is 6.42 Å². The largest absolute Gasteiger partial charge is 0.393 e. The maximum absolute atomic E-state index is 9.45. The molecule has 1 saturated heterocycles. The molecule has 0 atom stereocenters. The van der Waals surface area contributed by atoms with E-state index in [9.17, 15) is 5.11 Å². The minimum atomic E-state index is -0.147. The number of aliphatic hydroxyl groups is 1. The Bertz CT molecular complexity index is 342. The van der Waals surface area contributed by atoms with Crippen LogP contribution in [0.1, 0.15) is 32.3 Å². The van der Waals surface area contributed by atoms with Gasteiger partial charge in [-0.05, 0) is 30.7 Å². The average molecular weight is 235 g/mol. The van der Waals surface area contributed by atoms with Crippen LogP contribution in [-0.4, -0.2) is 34.3 Å². The summed E-state index contributed by atoms with van der Waals surface area (Å²) < 4.78 is 0. The van der Waals surface area contributed by atoms with Gasteiger partial charge in [0, 0.05) is 25.5 Å². The molecule has 1 aromatic rings. The van der Waals surface area contributed by atoms with Crippen molar-refractivity contribution in [1.82, 2.24) is 9.97 Å². The molecule has 0 bridgehead atoms. The van der Waals surface area contributed by atoms with E-state index in [1.165, 1.54) is 5.56 Å². The fourth-order valence-electron chi connectivity index (χ4n) is 2.15. The topological polar surface area (TPSA) is 49.2 Å². The van der Waals surface area contributed by atoms with E-state index in [4.69, 9.17) is 0 Å². The summed E-state index contributed by atoms with van der Waals surface area (Å²) in [6, 6.07) is 0. The highest BCUT2D eigenvalue weighted by Gasteiger charge is 2.18. The summed E-state index contributed by atoms with van der Waals surface area (Å²) in [5, 5.41) is 9.45. The number of rotatable bonds is 3. The summed E-state index contributed by atoms with van der Waals surface area (Å²) in [6.07, 6.45) is 6.36. The minimum Gasteiger partial charge on any atom is -0.393 e. The molecule has 0 amide bonds. The van der Waals surface area contributed by atoms with Gasteiger partial charge in [-0.2, -0.15) is 0 Å². The Morgan fingerprint density at radius 3 is 2.41 bits per heavy atom. The molecule has 2 rings (SSSR count). The summed E-state index contributed by atoms with van der Waals surface area (Å²) in [6.45, 7) is 6.09. The zero-order chi connectivity index (χ0) is 12.3. The molecule has 0 radical (unpaired) electrons. The number of aromatic nitrogens is 2. The SMILES string of the molecule is CC(C)Cc1cnc(N2CCC(O)CC2)nc1.